The highest BCUT2D eigenvalue weighted by Gasteiger charge is 2.20. The van der Waals surface area contributed by atoms with E-state index in [0.717, 1.165) is 18.7 Å². The molecule has 1 atom stereocenters. The van der Waals surface area contributed by atoms with Crippen LogP contribution in [-0.2, 0) is 7.05 Å². The van der Waals surface area contributed by atoms with Gasteiger partial charge in [-0.25, -0.2) is 0 Å². The first-order valence-electron chi connectivity index (χ1n) is 5.65. The molecule has 1 aromatic rings. The number of aryl methyl sites for hydroxylation is 1. The maximum Gasteiger partial charge on any atom is 0.0794 e. The maximum absolute atomic E-state index is 4.47. The Bertz CT molecular complexity index is 296. The monoisotopic (exact) mass is 209 g/mol. The minimum absolute atomic E-state index is 0.324. The van der Waals surface area contributed by atoms with Gasteiger partial charge in [-0.15, -0.1) is 0 Å². The Morgan fingerprint density at radius 1 is 1.47 bits per heavy atom. The van der Waals surface area contributed by atoms with Crippen molar-refractivity contribution < 1.29 is 0 Å². The molecular formula is C12H23N3. The van der Waals surface area contributed by atoms with Gasteiger partial charge in [0, 0.05) is 13.2 Å². The number of aromatic nitrogens is 2. The van der Waals surface area contributed by atoms with E-state index in [-0.39, 0.29) is 0 Å². The van der Waals surface area contributed by atoms with Gasteiger partial charge in [0.1, 0.15) is 0 Å². The van der Waals surface area contributed by atoms with Crippen molar-refractivity contribution in [3.63, 3.8) is 0 Å². The van der Waals surface area contributed by atoms with Crippen molar-refractivity contribution >= 4 is 0 Å². The van der Waals surface area contributed by atoms with Gasteiger partial charge >= 0.3 is 0 Å². The Morgan fingerprint density at radius 2 is 2.13 bits per heavy atom. The minimum atomic E-state index is 0.324. The Labute approximate surface area is 92.9 Å². The van der Waals surface area contributed by atoms with Gasteiger partial charge in [0.2, 0.25) is 0 Å². The summed E-state index contributed by atoms with van der Waals surface area (Å²) in [4.78, 5) is 0. The third-order valence-electron chi connectivity index (χ3n) is 2.36. The second-order valence-corrected chi connectivity index (χ2v) is 5.29. The summed E-state index contributed by atoms with van der Waals surface area (Å²) >= 11 is 0. The van der Waals surface area contributed by atoms with E-state index in [0.29, 0.717) is 11.5 Å². The van der Waals surface area contributed by atoms with Crippen LogP contribution in [0.4, 0.5) is 0 Å². The molecule has 1 aromatic heterocycles. The molecule has 0 spiro atoms. The predicted molar refractivity (Wildman–Crippen MR) is 63.7 cm³/mol. The molecule has 0 aliphatic rings. The average molecular weight is 209 g/mol. The third kappa shape index (κ3) is 4.04. The molecule has 1 heterocycles. The smallest absolute Gasteiger partial charge is 0.0794 e. The normalized spacial score (nSPS) is 14.2. The van der Waals surface area contributed by atoms with E-state index in [1.807, 2.05) is 17.9 Å². The maximum atomic E-state index is 4.47. The largest absolute Gasteiger partial charge is 0.309 e. The molecule has 0 radical (unpaired) electrons. The lowest BCUT2D eigenvalue weighted by atomic mass is 9.87. The van der Waals surface area contributed by atoms with E-state index < -0.39 is 0 Å². The van der Waals surface area contributed by atoms with E-state index in [9.17, 15) is 0 Å². The third-order valence-corrected chi connectivity index (χ3v) is 2.36. The van der Waals surface area contributed by atoms with Gasteiger partial charge in [0.25, 0.3) is 0 Å². The van der Waals surface area contributed by atoms with Gasteiger partial charge in [0.05, 0.1) is 11.7 Å². The van der Waals surface area contributed by atoms with Crippen molar-refractivity contribution in [1.82, 2.24) is 15.1 Å². The molecule has 0 aliphatic heterocycles. The SMILES string of the molecule is CCNC(CC(C)(C)C)c1ccn(C)n1. The zero-order chi connectivity index (χ0) is 11.5. The first-order valence-corrected chi connectivity index (χ1v) is 5.65. The number of rotatable bonds is 4. The summed E-state index contributed by atoms with van der Waals surface area (Å²) in [5.74, 6) is 0. The molecule has 86 valence electrons. The first kappa shape index (κ1) is 12.2. The van der Waals surface area contributed by atoms with Crippen molar-refractivity contribution in [3.05, 3.63) is 18.0 Å². The standard InChI is InChI=1S/C12H23N3/c1-6-13-11(9-12(2,3)4)10-7-8-15(5)14-10/h7-8,11,13H,6,9H2,1-5H3. The average Bonchev–Trinajstić information content (AvgIpc) is 2.48. The van der Waals surface area contributed by atoms with Crippen LogP contribution >= 0.6 is 0 Å². The predicted octanol–water partition coefficient (Wildman–Crippen LogP) is 2.51. The van der Waals surface area contributed by atoms with Crippen LogP contribution in [0.5, 0.6) is 0 Å². The molecule has 0 bridgehead atoms. The van der Waals surface area contributed by atoms with Crippen molar-refractivity contribution in [2.24, 2.45) is 12.5 Å². The van der Waals surface area contributed by atoms with E-state index >= 15 is 0 Å². The fraction of sp³-hybridized carbons (Fsp3) is 0.750. The Morgan fingerprint density at radius 3 is 2.53 bits per heavy atom. The lowest BCUT2D eigenvalue weighted by Gasteiger charge is -2.25. The van der Waals surface area contributed by atoms with Crippen LogP contribution in [0.15, 0.2) is 12.3 Å². The molecule has 1 N–H and O–H groups in total. The van der Waals surface area contributed by atoms with Gasteiger partial charge in [-0.05, 0) is 24.4 Å². The minimum Gasteiger partial charge on any atom is -0.309 e. The molecule has 15 heavy (non-hydrogen) atoms. The van der Waals surface area contributed by atoms with Crippen LogP contribution in [-0.4, -0.2) is 16.3 Å². The highest BCUT2D eigenvalue weighted by molar-refractivity contribution is 5.06. The van der Waals surface area contributed by atoms with E-state index in [1.54, 1.807) is 0 Å². The quantitative estimate of drug-likeness (QED) is 0.825. The van der Waals surface area contributed by atoms with Crippen molar-refractivity contribution in [1.29, 1.82) is 0 Å². The molecular weight excluding hydrogens is 186 g/mol. The summed E-state index contributed by atoms with van der Waals surface area (Å²) in [6.45, 7) is 9.91. The van der Waals surface area contributed by atoms with Crippen molar-refractivity contribution in [2.45, 2.75) is 40.2 Å². The Kier molecular flexibility index (Phi) is 3.91. The summed E-state index contributed by atoms with van der Waals surface area (Å²) in [5, 5.41) is 7.96. The van der Waals surface area contributed by atoms with E-state index in [1.165, 1.54) is 0 Å². The van der Waals surface area contributed by atoms with Gasteiger partial charge < -0.3 is 5.32 Å². The summed E-state index contributed by atoms with van der Waals surface area (Å²) in [7, 11) is 1.96. The molecule has 0 fully saturated rings. The highest BCUT2D eigenvalue weighted by atomic mass is 15.3. The molecule has 0 amide bonds. The summed E-state index contributed by atoms with van der Waals surface area (Å²) in [6, 6.07) is 2.47. The fourth-order valence-corrected chi connectivity index (χ4v) is 1.76. The lowest BCUT2D eigenvalue weighted by molar-refractivity contribution is 0.310. The van der Waals surface area contributed by atoms with Crippen LogP contribution < -0.4 is 5.32 Å². The van der Waals surface area contributed by atoms with Crippen LogP contribution in [0.3, 0.4) is 0 Å². The molecule has 1 rings (SSSR count). The molecule has 3 nitrogen and oxygen atoms in total. The Hall–Kier alpha value is -0.830. The van der Waals surface area contributed by atoms with Gasteiger partial charge in [-0.3, -0.25) is 4.68 Å². The lowest BCUT2D eigenvalue weighted by Crippen LogP contribution is -2.26. The van der Waals surface area contributed by atoms with Crippen molar-refractivity contribution in [3.8, 4) is 0 Å². The molecule has 0 aliphatic carbocycles. The zero-order valence-electron chi connectivity index (χ0n) is 10.5. The molecule has 3 heteroatoms. The summed E-state index contributed by atoms with van der Waals surface area (Å²) in [6.07, 6.45) is 3.11. The van der Waals surface area contributed by atoms with E-state index in [2.05, 4.69) is 44.2 Å². The van der Waals surface area contributed by atoms with Crippen LogP contribution in [0, 0.1) is 5.41 Å². The number of nitrogens with one attached hydrogen (secondary N) is 1. The second kappa shape index (κ2) is 4.79. The second-order valence-electron chi connectivity index (χ2n) is 5.29. The fourth-order valence-electron chi connectivity index (χ4n) is 1.76. The molecule has 1 unspecified atom stereocenters. The van der Waals surface area contributed by atoms with Crippen LogP contribution in [0.1, 0.15) is 45.9 Å². The number of hydrogen-bond donors (Lipinski definition) is 1. The van der Waals surface area contributed by atoms with Gasteiger partial charge in [0.15, 0.2) is 0 Å². The Balaban J connectivity index is 2.74. The van der Waals surface area contributed by atoms with Gasteiger partial charge in [-0.1, -0.05) is 27.7 Å². The summed E-state index contributed by atoms with van der Waals surface area (Å²) in [5.41, 5.74) is 1.47. The number of nitrogens with zero attached hydrogens (tertiary/aromatic N) is 2. The molecule has 0 aromatic carbocycles. The number of hydrogen-bond acceptors (Lipinski definition) is 2. The molecule has 0 saturated heterocycles. The first-order chi connectivity index (χ1) is 6.92. The van der Waals surface area contributed by atoms with E-state index in [4.69, 9.17) is 0 Å². The summed E-state index contributed by atoms with van der Waals surface area (Å²) < 4.78 is 1.86. The topological polar surface area (TPSA) is 29.9 Å². The highest BCUT2D eigenvalue weighted by Crippen LogP contribution is 2.28. The van der Waals surface area contributed by atoms with Crippen molar-refractivity contribution in [2.75, 3.05) is 6.54 Å². The molecule has 0 saturated carbocycles. The van der Waals surface area contributed by atoms with Crippen LogP contribution in [0.2, 0.25) is 0 Å². The zero-order valence-corrected chi connectivity index (χ0v) is 10.5. The van der Waals surface area contributed by atoms with Crippen LogP contribution in [0.25, 0.3) is 0 Å². The van der Waals surface area contributed by atoms with Gasteiger partial charge in [-0.2, -0.15) is 5.10 Å².